The molecule has 5 heteroatoms. The van der Waals surface area contributed by atoms with E-state index >= 15 is 0 Å². The van der Waals surface area contributed by atoms with Gasteiger partial charge >= 0.3 is 5.97 Å². The van der Waals surface area contributed by atoms with Gasteiger partial charge in [-0.15, -0.1) is 0 Å². The van der Waals surface area contributed by atoms with Gasteiger partial charge in [0.25, 0.3) is 5.91 Å². The number of rotatable bonds is 8. The van der Waals surface area contributed by atoms with Crippen LogP contribution < -0.4 is 5.32 Å². The second-order valence-electron chi connectivity index (χ2n) is 7.30. The van der Waals surface area contributed by atoms with Crippen molar-refractivity contribution in [3.63, 3.8) is 0 Å². The van der Waals surface area contributed by atoms with E-state index in [4.69, 9.17) is 4.74 Å². The second-order valence-corrected chi connectivity index (χ2v) is 7.30. The van der Waals surface area contributed by atoms with Crippen LogP contribution in [0, 0.1) is 0 Å². The van der Waals surface area contributed by atoms with Gasteiger partial charge in [-0.05, 0) is 36.1 Å². The summed E-state index contributed by atoms with van der Waals surface area (Å²) >= 11 is 0. The lowest BCUT2D eigenvalue weighted by molar-refractivity contribution is -0.119. The molecule has 0 aliphatic carbocycles. The number of amides is 1. The summed E-state index contributed by atoms with van der Waals surface area (Å²) in [5.41, 5.74) is 2.67. The molecule has 31 heavy (non-hydrogen) atoms. The van der Waals surface area contributed by atoms with Crippen molar-refractivity contribution in [1.82, 2.24) is 0 Å². The first-order valence-electron chi connectivity index (χ1n) is 10.2. The quantitative estimate of drug-likeness (QED) is 0.404. The summed E-state index contributed by atoms with van der Waals surface area (Å²) in [7, 11) is 0. The first-order chi connectivity index (χ1) is 15.0. The molecule has 0 radical (unpaired) electrons. The van der Waals surface area contributed by atoms with Crippen LogP contribution in [-0.2, 0) is 9.53 Å². The van der Waals surface area contributed by atoms with Crippen LogP contribution in [0.1, 0.15) is 58.0 Å². The Bertz CT molecular complexity index is 1060. The maximum absolute atomic E-state index is 12.8. The van der Waals surface area contributed by atoms with Crippen LogP contribution in [0.15, 0.2) is 78.9 Å². The van der Waals surface area contributed by atoms with Crippen molar-refractivity contribution in [3.8, 4) is 0 Å². The van der Waals surface area contributed by atoms with Crippen LogP contribution in [0.3, 0.4) is 0 Å². The third kappa shape index (κ3) is 5.66. The molecule has 1 amide bonds. The fourth-order valence-corrected chi connectivity index (χ4v) is 3.14. The topological polar surface area (TPSA) is 72.5 Å². The number of carbonyl (C=O) groups excluding carboxylic acids is 3. The summed E-state index contributed by atoms with van der Waals surface area (Å²) in [5.74, 6) is -0.998. The molecule has 0 aliphatic heterocycles. The normalized spacial score (nSPS) is 11.4. The summed E-state index contributed by atoms with van der Waals surface area (Å²) < 4.78 is 5.16. The number of anilines is 1. The van der Waals surface area contributed by atoms with Gasteiger partial charge in [0, 0.05) is 16.8 Å². The van der Waals surface area contributed by atoms with Gasteiger partial charge in [-0.1, -0.05) is 74.5 Å². The number of ether oxygens (including phenoxy) is 1. The molecular formula is C26H25NO4. The summed E-state index contributed by atoms with van der Waals surface area (Å²) in [6.45, 7) is 3.83. The molecule has 3 aromatic rings. The maximum Gasteiger partial charge on any atom is 0.339 e. The zero-order chi connectivity index (χ0) is 22.2. The van der Waals surface area contributed by atoms with Crippen LogP contribution in [0.5, 0.6) is 0 Å². The van der Waals surface area contributed by atoms with E-state index in [2.05, 4.69) is 19.2 Å². The molecule has 0 unspecified atom stereocenters. The van der Waals surface area contributed by atoms with E-state index in [0.29, 0.717) is 17.2 Å². The molecule has 1 atom stereocenters. The highest BCUT2D eigenvalue weighted by Gasteiger charge is 2.19. The van der Waals surface area contributed by atoms with Crippen molar-refractivity contribution in [2.24, 2.45) is 0 Å². The molecule has 3 rings (SSSR count). The molecule has 0 aromatic heterocycles. The van der Waals surface area contributed by atoms with Gasteiger partial charge in [0.05, 0.1) is 5.56 Å². The Balaban J connectivity index is 1.62. The predicted octanol–water partition coefficient (Wildman–Crippen LogP) is 5.23. The molecule has 0 saturated carbocycles. The third-order valence-electron chi connectivity index (χ3n) is 5.14. The van der Waals surface area contributed by atoms with E-state index in [0.717, 1.165) is 6.42 Å². The van der Waals surface area contributed by atoms with Crippen LogP contribution in [-0.4, -0.2) is 24.3 Å². The Morgan fingerprint density at radius 2 is 1.45 bits per heavy atom. The number of nitrogens with one attached hydrogen (secondary N) is 1. The molecule has 0 fully saturated rings. The highest BCUT2D eigenvalue weighted by Crippen LogP contribution is 2.20. The average Bonchev–Trinajstić information content (AvgIpc) is 2.82. The van der Waals surface area contributed by atoms with Crippen molar-refractivity contribution in [1.29, 1.82) is 0 Å². The minimum absolute atomic E-state index is 0.127. The van der Waals surface area contributed by atoms with E-state index in [1.54, 1.807) is 42.5 Å². The van der Waals surface area contributed by atoms with Gasteiger partial charge < -0.3 is 10.1 Å². The van der Waals surface area contributed by atoms with Gasteiger partial charge in [-0.25, -0.2) is 4.79 Å². The highest BCUT2D eigenvalue weighted by atomic mass is 16.5. The van der Waals surface area contributed by atoms with Gasteiger partial charge in [0.15, 0.2) is 12.4 Å². The number of benzene rings is 3. The summed E-state index contributed by atoms with van der Waals surface area (Å²) in [6.07, 6.45) is 1.04. The minimum atomic E-state index is -0.720. The van der Waals surface area contributed by atoms with E-state index in [1.807, 2.05) is 30.3 Å². The molecule has 1 N–H and O–H groups in total. The summed E-state index contributed by atoms with van der Waals surface area (Å²) in [4.78, 5) is 37.5. The van der Waals surface area contributed by atoms with Crippen molar-refractivity contribution < 1.29 is 19.1 Å². The van der Waals surface area contributed by atoms with Crippen molar-refractivity contribution >= 4 is 23.3 Å². The van der Waals surface area contributed by atoms with Crippen molar-refractivity contribution in [2.75, 3.05) is 11.9 Å². The Kier molecular flexibility index (Phi) is 7.33. The molecule has 0 aliphatic rings. The highest BCUT2D eigenvalue weighted by molar-refractivity contribution is 6.14. The zero-order valence-corrected chi connectivity index (χ0v) is 17.6. The van der Waals surface area contributed by atoms with Crippen LogP contribution in [0.2, 0.25) is 0 Å². The molecular weight excluding hydrogens is 390 g/mol. The lowest BCUT2D eigenvalue weighted by Crippen LogP contribution is -2.22. The first kappa shape index (κ1) is 22.0. The Labute approximate surface area is 182 Å². The molecule has 5 nitrogen and oxygen atoms in total. The van der Waals surface area contributed by atoms with Crippen LogP contribution >= 0.6 is 0 Å². The molecule has 0 spiro atoms. The van der Waals surface area contributed by atoms with E-state index in [9.17, 15) is 14.4 Å². The van der Waals surface area contributed by atoms with Gasteiger partial charge in [-0.3, -0.25) is 9.59 Å². The summed E-state index contributed by atoms with van der Waals surface area (Å²) in [6, 6.07) is 22.7. The minimum Gasteiger partial charge on any atom is -0.452 e. The van der Waals surface area contributed by atoms with Gasteiger partial charge in [0.1, 0.15) is 0 Å². The fourth-order valence-electron chi connectivity index (χ4n) is 3.14. The summed E-state index contributed by atoms with van der Waals surface area (Å²) in [5, 5.41) is 2.71. The number of carbonyl (C=O) groups is 3. The Hall–Kier alpha value is -3.73. The maximum atomic E-state index is 12.8. The van der Waals surface area contributed by atoms with E-state index in [1.165, 1.54) is 11.6 Å². The average molecular weight is 415 g/mol. The van der Waals surface area contributed by atoms with Crippen molar-refractivity contribution in [3.05, 3.63) is 101 Å². The second kappa shape index (κ2) is 10.3. The van der Waals surface area contributed by atoms with E-state index < -0.39 is 18.5 Å². The SMILES string of the molecule is CC[C@@H](C)c1ccc(NC(=O)COC(=O)c2ccccc2C(=O)c2ccccc2)cc1. The largest absolute Gasteiger partial charge is 0.452 e. The Morgan fingerprint density at radius 3 is 2.10 bits per heavy atom. The molecule has 0 heterocycles. The van der Waals surface area contributed by atoms with Gasteiger partial charge in [-0.2, -0.15) is 0 Å². The van der Waals surface area contributed by atoms with Crippen molar-refractivity contribution in [2.45, 2.75) is 26.2 Å². The number of ketones is 1. The van der Waals surface area contributed by atoms with E-state index in [-0.39, 0.29) is 16.9 Å². The Morgan fingerprint density at radius 1 is 0.839 bits per heavy atom. The lowest BCUT2D eigenvalue weighted by Gasteiger charge is -2.11. The molecule has 158 valence electrons. The van der Waals surface area contributed by atoms with Crippen LogP contribution in [0.4, 0.5) is 5.69 Å². The monoisotopic (exact) mass is 415 g/mol. The fraction of sp³-hybridized carbons (Fsp3) is 0.192. The first-order valence-corrected chi connectivity index (χ1v) is 10.2. The number of hydrogen-bond donors (Lipinski definition) is 1. The third-order valence-corrected chi connectivity index (χ3v) is 5.14. The lowest BCUT2D eigenvalue weighted by atomic mass is 9.98. The van der Waals surface area contributed by atoms with Crippen LogP contribution in [0.25, 0.3) is 0 Å². The number of hydrogen-bond acceptors (Lipinski definition) is 4. The van der Waals surface area contributed by atoms with Gasteiger partial charge in [0.2, 0.25) is 0 Å². The molecule has 3 aromatic carbocycles. The number of esters is 1. The predicted molar refractivity (Wildman–Crippen MR) is 120 cm³/mol. The smallest absolute Gasteiger partial charge is 0.339 e. The zero-order valence-electron chi connectivity index (χ0n) is 17.6. The molecule has 0 saturated heterocycles. The standard InChI is InChI=1S/C26H25NO4/c1-3-18(2)19-13-15-21(16-14-19)27-24(28)17-31-26(30)23-12-8-7-11-22(23)25(29)20-9-5-4-6-10-20/h4-16,18H,3,17H2,1-2H3,(H,27,28)/t18-/m1/s1. The molecule has 0 bridgehead atoms.